The lowest BCUT2D eigenvalue weighted by Gasteiger charge is -2.32. The number of aromatic nitrogens is 3. The summed E-state index contributed by atoms with van der Waals surface area (Å²) in [6.07, 6.45) is 0.939. The SMILES string of the molecule is Cc1cc(=O)[nH]c([C@@H]2CN(Cc3ccc(F)cn3)CCO2)n1. The minimum Gasteiger partial charge on any atom is -0.368 e. The Hall–Kier alpha value is -2.12. The van der Waals surface area contributed by atoms with Crippen molar-refractivity contribution < 1.29 is 9.13 Å². The van der Waals surface area contributed by atoms with Crippen molar-refractivity contribution in [3.05, 3.63) is 57.8 Å². The van der Waals surface area contributed by atoms with E-state index < -0.39 is 0 Å². The minimum atomic E-state index is -0.342. The molecule has 22 heavy (non-hydrogen) atoms. The lowest BCUT2D eigenvalue weighted by molar-refractivity contribution is -0.0377. The van der Waals surface area contributed by atoms with E-state index in [1.54, 1.807) is 13.0 Å². The van der Waals surface area contributed by atoms with Gasteiger partial charge in [-0.3, -0.25) is 14.7 Å². The predicted octanol–water partition coefficient (Wildman–Crippen LogP) is 1.19. The summed E-state index contributed by atoms with van der Waals surface area (Å²) in [5, 5.41) is 0. The first-order valence-electron chi connectivity index (χ1n) is 7.12. The molecule has 0 unspecified atom stereocenters. The fourth-order valence-corrected chi connectivity index (χ4v) is 2.50. The molecule has 1 atom stereocenters. The van der Waals surface area contributed by atoms with E-state index >= 15 is 0 Å². The van der Waals surface area contributed by atoms with Gasteiger partial charge in [-0.15, -0.1) is 0 Å². The first kappa shape index (κ1) is 14.8. The second kappa shape index (κ2) is 6.33. The molecule has 7 heteroatoms. The molecule has 3 rings (SSSR count). The highest BCUT2D eigenvalue weighted by atomic mass is 19.1. The zero-order valence-electron chi connectivity index (χ0n) is 12.3. The number of aromatic amines is 1. The Morgan fingerprint density at radius 1 is 1.50 bits per heavy atom. The van der Waals surface area contributed by atoms with Gasteiger partial charge >= 0.3 is 0 Å². The van der Waals surface area contributed by atoms with E-state index in [0.29, 0.717) is 31.2 Å². The monoisotopic (exact) mass is 304 g/mol. The van der Waals surface area contributed by atoms with Crippen molar-refractivity contribution in [3.8, 4) is 0 Å². The van der Waals surface area contributed by atoms with Crippen LogP contribution in [-0.4, -0.2) is 39.5 Å². The Morgan fingerprint density at radius 3 is 3.09 bits per heavy atom. The number of hydrogen-bond acceptors (Lipinski definition) is 5. The van der Waals surface area contributed by atoms with Crippen molar-refractivity contribution in [2.75, 3.05) is 19.7 Å². The van der Waals surface area contributed by atoms with Crippen molar-refractivity contribution in [1.82, 2.24) is 19.9 Å². The first-order valence-corrected chi connectivity index (χ1v) is 7.12. The predicted molar refractivity (Wildman–Crippen MR) is 77.8 cm³/mol. The molecule has 0 radical (unpaired) electrons. The molecule has 3 heterocycles. The summed E-state index contributed by atoms with van der Waals surface area (Å²) in [5.74, 6) is 0.201. The molecular weight excluding hydrogens is 287 g/mol. The van der Waals surface area contributed by atoms with Crippen molar-refractivity contribution in [2.24, 2.45) is 0 Å². The maximum absolute atomic E-state index is 12.9. The minimum absolute atomic E-state index is 0.177. The van der Waals surface area contributed by atoms with Crippen LogP contribution in [0.25, 0.3) is 0 Å². The van der Waals surface area contributed by atoms with Crippen molar-refractivity contribution >= 4 is 0 Å². The summed E-state index contributed by atoms with van der Waals surface area (Å²) in [6, 6.07) is 4.53. The average molecular weight is 304 g/mol. The van der Waals surface area contributed by atoms with Gasteiger partial charge in [-0.2, -0.15) is 0 Å². The van der Waals surface area contributed by atoms with Crippen LogP contribution in [0.2, 0.25) is 0 Å². The number of halogens is 1. The fourth-order valence-electron chi connectivity index (χ4n) is 2.50. The van der Waals surface area contributed by atoms with E-state index in [-0.39, 0.29) is 17.5 Å². The van der Waals surface area contributed by atoms with Gasteiger partial charge < -0.3 is 9.72 Å². The lowest BCUT2D eigenvalue weighted by atomic mass is 10.2. The zero-order valence-corrected chi connectivity index (χ0v) is 12.3. The zero-order chi connectivity index (χ0) is 15.5. The van der Waals surface area contributed by atoms with E-state index in [9.17, 15) is 9.18 Å². The Morgan fingerprint density at radius 2 is 2.36 bits per heavy atom. The molecule has 2 aromatic rings. The molecule has 116 valence electrons. The van der Waals surface area contributed by atoms with E-state index in [1.165, 1.54) is 18.3 Å². The highest BCUT2D eigenvalue weighted by Crippen LogP contribution is 2.19. The normalized spacial score (nSPS) is 19.3. The molecule has 1 aliphatic rings. The smallest absolute Gasteiger partial charge is 0.251 e. The van der Waals surface area contributed by atoms with Crippen LogP contribution in [-0.2, 0) is 11.3 Å². The summed E-state index contributed by atoms with van der Waals surface area (Å²) in [4.78, 5) is 24.8. The van der Waals surface area contributed by atoms with Gasteiger partial charge in [-0.05, 0) is 19.1 Å². The second-order valence-corrected chi connectivity index (χ2v) is 5.33. The molecule has 1 N–H and O–H groups in total. The molecule has 0 spiro atoms. The Kier molecular flexibility index (Phi) is 4.26. The third-order valence-corrected chi connectivity index (χ3v) is 3.52. The average Bonchev–Trinajstić information content (AvgIpc) is 2.49. The van der Waals surface area contributed by atoms with Crippen molar-refractivity contribution in [3.63, 3.8) is 0 Å². The quantitative estimate of drug-likeness (QED) is 0.922. The number of hydrogen-bond donors (Lipinski definition) is 1. The maximum Gasteiger partial charge on any atom is 0.251 e. The lowest BCUT2D eigenvalue weighted by Crippen LogP contribution is -2.39. The fraction of sp³-hybridized carbons (Fsp3) is 0.400. The molecule has 6 nitrogen and oxygen atoms in total. The summed E-state index contributed by atoms with van der Waals surface area (Å²) in [7, 11) is 0. The third-order valence-electron chi connectivity index (χ3n) is 3.52. The molecule has 1 saturated heterocycles. The van der Waals surface area contributed by atoms with Crippen LogP contribution in [0.15, 0.2) is 29.2 Å². The van der Waals surface area contributed by atoms with Gasteiger partial charge in [-0.1, -0.05) is 0 Å². The second-order valence-electron chi connectivity index (χ2n) is 5.33. The van der Waals surface area contributed by atoms with Gasteiger partial charge in [0.1, 0.15) is 17.7 Å². The van der Waals surface area contributed by atoms with Crippen LogP contribution in [0.1, 0.15) is 23.3 Å². The van der Waals surface area contributed by atoms with E-state index in [4.69, 9.17) is 4.74 Å². The molecular formula is C15H17FN4O2. The molecule has 0 bridgehead atoms. The van der Waals surface area contributed by atoms with Gasteiger partial charge in [0.05, 0.1) is 18.5 Å². The molecule has 2 aromatic heterocycles. The van der Waals surface area contributed by atoms with E-state index in [0.717, 1.165) is 12.2 Å². The highest BCUT2D eigenvalue weighted by Gasteiger charge is 2.24. The Labute approximate surface area is 127 Å². The van der Waals surface area contributed by atoms with Crippen LogP contribution in [0.5, 0.6) is 0 Å². The molecule has 0 saturated carbocycles. The standard InChI is InChI=1S/C15H17FN4O2/c1-10-6-14(21)19-15(18-10)13-9-20(4-5-22-13)8-12-3-2-11(16)7-17-12/h2-3,6-7,13H,4-5,8-9H2,1H3,(H,18,19,21)/t13-/m0/s1. The van der Waals surface area contributed by atoms with Crippen LogP contribution in [0, 0.1) is 12.7 Å². The Bertz CT molecular complexity index is 701. The van der Waals surface area contributed by atoms with Gasteiger partial charge in [0.25, 0.3) is 5.56 Å². The molecule has 1 aliphatic heterocycles. The van der Waals surface area contributed by atoms with E-state index in [1.807, 2.05) is 0 Å². The van der Waals surface area contributed by atoms with Crippen LogP contribution in [0.3, 0.4) is 0 Å². The number of aryl methyl sites for hydroxylation is 1. The number of morpholine rings is 1. The largest absolute Gasteiger partial charge is 0.368 e. The van der Waals surface area contributed by atoms with Crippen molar-refractivity contribution in [1.29, 1.82) is 0 Å². The number of rotatable bonds is 3. The van der Waals surface area contributed by atoms with Crippen LogP contribution >= 0.6 is 0 Å². The number of nitrogens with zero attached hydrogens (tertiary/aromatic N) is 3. The van der Waals surface area contributed by atoms with Crippen LogP contribution < -0.4 is 5.56 Å². The van der Waals surface area contributed by atoms with Gasteiger partial charge in [-0.25, -0.2) is 9.37 Å². The summed E-state index contributed by atoms with van der Waals surface area (Å²) >= 11 is 0. The molecule has 0 amide bonds. The summed E-state index contributed by atoms with van der Waals surface area (Å²) in [6.45, 7) is 4.29. The topological polar surface area (TPSA) is 71.1 Å². The maximum atomic E-state index is 12.9. The molecule has 1 fully saturated rings. The van der Waals surface area contributed by atoms with Gasteiger partial charge in [0, 0.05) is 31.4 Å². The number of nitrogens with one attached hydrogen (secondary N) is 1. The number of H-pyrrole nitrogens is 1. The Balaban J connectivity index is 1.71. The van der Waals surface area contributed by atoms with Gasteiger partial charge in [0.15, 0.2) is 0 Å². The highest BCUT2D eigenvalue weighted by molar-refractivity contribution is 5.06. The van der Waals surface area contributed by atoms with E-state index in [2.05, 4.69) is 19.9 Å². The first-order chi connectivity index (χ1) is 10.6. The summed E-state index contributed by atoms with van der Waals surface area (Å²) in [5.41, 5.74) is 1.29. The third kappa shape index (κ3) is 3.55. The van der Waals surface area contributed by atoms with Crippen LogP contribution in [0.4, 0.5) is 4.39 Å². The molecule has 0 aliphatic carbocycles. The number of pyridine rings is 1. The van der Waals surface area contributed by atoms with Crippen molar-refractivity contribution in [2.45, 2.75) is 19.6 Å². The molecule has 0 aromatic carbocycles. The number of ether oxygens (including phenoxy) is 1. The summed E-state index contributed by atoms with van der Waals surface area (Å²) < 4.78 is 18.6. The van der Waals surface area contributed by atoms with Gasteiger partial charge in [0.2, 0.25) is 0 Å².